The van der Waals surface area contributed by atoms with E-state index in [1.165, 1.54) is 6.07 Å². The number of amides is 1. The van der Waals surface area contributed by atoms with Crippen LogP contribution >= 0.6 is 0 Å². The fourth-order valence-electron chi connectivity index (χ4n) is 3.92. The Bertz CT molecular complexity index is 855. The topological polar surface area (TPSA) is 73.4 Å². The van der Waals surface area contributed by atoms with Gasteiger partial charge in [-0.3, -0.25) is 4.79 Å². The molecule has 29 heavy (non-hydrogen) atoms. The molecule has 1 aromatic carbocycles. The Morgan fingerprint density at radius 1 is 1.21 bits per heavy atom. The summed E-state index contributed by atoms with van der Waals surface area (Å²) in [5.41, 5.74) is 1.40. The fourth-order valence-corrected chi connectivity index (χ4v) is 3.92. The zero-order valence-corrected chi connectivity index (χ0v) is 16.6. The SMILES string of the molecule is CN1CCN(c2nccc(CN[C@@H]3CCC(=O)N[C@H]3c3ccccc3F)n2)CC1. The number of piperazine rings is 1. The molecule has 154 valence electrons. The third kappa shape index (κ3) is 4.71. The normalized spacial score (nSPS) is 23.1. The van der Waals surface area contributed by atoms with Crippen molar-refractivity contribution in [3.8, 4) is 0 Å². The number of hydrogen-bond donors (Lipinski definition) is 2. The molecule has 0 radical (unpaired) electrons. The second-order valence-corrected chi connectivity index (χ2v) is 7.73. The quantitative estimate of drug-likeness (QED) is 0.795. The van der Waals surface area contributed by atoms with Crippen molar-refractivity contribution in [3.63, 3.8) is 0 Å². The van der Waals surface area contributed by atoms with Crippen LogP contribution in [-0.2, 0) is 11.3 Å². The number of nitrogens with one attached hydrogen (secondary N) is 2. The summed E-state index contributed by atoms with van der Waals surface area (Å²) in [5, 5.41) is 6.41. The van der Waals surface area contributed by atoms with E-state index in [9.17, 15) is 9.18 Å². The van der Waals surface area contributed by atoms with Crippen LogP contribution in [0.5, 0.6) is 0 Å². The van der Waals surface area contributed by atoms with Crippen molar-refractivity contribution >= 4 is 11.9 Å². The first-order chi connectivity index (χ1) is 14.1. The minimum atomic E-state index is -0.392. The third-order valence-corrected chi connectivity index (χ3v) is 5.67. The Morgan fingerprint density at radius 3 is 2.79 bits per heavy atom. The van der Waals surface area contributed by atoms with Crippen molar-refractivity contribution in [2.75, 3.05) is 38.1 Å². The summed E-state index contributed by atoms with van der Waals surface area (Å²) < 4.78 is 14.3. The number of benzene rings is 1. The maximum atomic E-state index is 14.3. The van der Waals surface area contributed by atoms with Crippen molar-refractivity contribution in [1.29, 1.82) is 0 Å². The number of anilines is 1. The van der Waals surface area contributed by atoms with Gasteiger partial charge in [-0.05, 0) is 25.6 Å². The van der Waals surface area contributed by atoms with Crippen LogP contribution in [0, 0.1) is 5.82 Å². The molecule has 0 saturated carbocycles. The molecule has 0 aliphatic carbocycles. The van der Waals surface area contributed by atoms with Crippen LogP contribution in [0.25, 0.3) is 0 Å². The van der Waals surface area contributed by atoms with Crippen LogP contribution < -0.4 is 15.5 Å². The highest BCUT2D eigenvalue weighted by Crippen LogP contribution is 2.26. The zero-order chi connectivity index (χ0) is 20.2. The monoisotopic (exact) mass is 398 g/mol. The van der Waals surface area contributed by atoms with Gasteiger partial charge in [-0.15, -0.1) is 0 Å². The number of halogens is 1. The molecular formula is C21H27FN6O. The second-order valence-electron chi connectivity index (χ2n) is 7.73. The van der Waals surface area contributed by atoms with E-state index in [0.29, 0.717) is 24.9 Å². The van der Waals surface area contributed by atoms with Gasteiger partial charge in [0, 0.05) is 56.9 Å². The Balaban J connectivity index is 1.44. The summed E-state index contributed by atoms with van der Waals surface area (Å²) in [6.45, 7) is 4.36. The highest BCUT2D eigenvalue weighted by atomic mass is 19.1. The van der Waals surface area contributed by atoms with Crippen molar-refractivity contribution < 1.29 is 9.18 Å². The molecule has 2 aliphatic heterocycles. The lowest BCUT2D eigenvalue weighted by molar-refractivity contribution is -0.123. The number of piperidine rings is 1. The van der Waals surface area contributed by atoms with Crippen molar-refractivity contribution in [2.45, 2.75) is 31.5 Å². The van der Waals surface area contributed by atoms with Crippen LogP contribution in [-0.4, -0.2) is 60.0 Å². The molecule has 2 aromatic rings. The van der Waals surface area contributed by atoms with Crippen LogP contribution in [0.1, 0.15) is 30.1 Å². The van der Waals surface area contributed by atoms with Crippen molar-refractivity contribution in [3.05, 3.63) is 53.6 Å². The summed E-state index contributed by atoms with van der Waals surface area (Å²) >= 11 is 0. The Hall–Kier alpha value is -2.58. The average Bonchev–Trinajstić information content (AvgIpc) is 2.74. The van der Waals surface area contributed by atoms with Gasteiger partial charge in [-0.25, -0.2) is 14.4 Å². The highest BCUT2D eigenvalue weighted by Gasteiger charge is 2.31. The number of aromatic nitrogens is 2. The smallest absolute Gasteiger partial charge is 0.225 e. The third-order valence-electron chi connectivity index (χ3n) is 5.67. The number of rotatable bonds is 5. The van der Waals surface area contributed by atoms with E-state index in [1.54, 1.807) is 24.4 Å². The van der Waals surface area contributed by atoms with Gasteiger partial charge in [-0.2, -0.15) is 0 Å². The summed E-state index contributed by atoms with van der Waals surface area (Å²) in [6.07, 6.45) is 2.87. The van der Waals surface area contributed by atoms with Gasteiger partial charge in [-0.1, -0.05) is 18.2 Å². The predicted octanol–water partition coefficient (Wildman–Crippen LogP) is 1.48. The summed E-state index contributed by atoms with van der Waals surface area (Å²) in [4.78, 5) is 25.6. The summed E-state index contributed by atoms with van der Waals surface area (Å²) in [6, 6.07) is 8.06. The van der Waals surface area contributed by atoms with E-state index in [-0.39, 0.29) is 17.8 Å². The van der Waals surface area contributed by atoms with Crippen LogP contribution in [0.15, 0.2) is 36.5 Å². The van der Waals surface area contributed by atoms with E-state index >= 15 is 0 Å². The second kappa shape index (κ2) is 8.84. The molecule has 0 unspecified atom stereocenters. The molecule has 2 N–H and O–H groups in total. The lowest BCUT2D eigenvalue weighted by Crippen LogP contribution is -2.48. The minimum Gasteiger partial charge on any atom is -0.348 e. The van der Waals surface area contributed by atoms with E-state index in [4.69, 9.17) is 4.98 Å². The maximum absolute atomic E-state index is 14.3. The number of hydrogen-bond acceptors (Lipinski definition) is 6. The number of likely N-dealkylation sites (N-methyl/N-ethyl adjacent to an activating group) is 1. The van der Waals surface area contributed by atoms with Gasteiger partial charge in [0.25, 0.3) is 0 Å². The first-order valence-electron chi connectivity index (χ1n) is 10.1. The standard InChI is InChI=1S/C21H27FN6O/c1-27-10-12-28(13-11-27)21-23-9-8-15(25-21)14-24-18-6-7-19(29)26-20(18)16-4-2-3-5-17(16)22/h2-5,8-9,18,20,24H,6-7,10-14H2,1H3,(H,26,29)/t18-,20+/m1/s1. The first kappa shape index (κ1) is 19.7. The molecule has 0 bridgehead atoms. The average molecular weight is 398 g/mol. The molecule has 2 fully saturated rings. The van der Waals surface area contributed by atoms with Crippen LogP contribution in [0.3, 0.4) is 0 Å². The highest BCUT2D eigenvalue weighted by molar-refractivity contribution is 5.77. The molecule has 2 atom stereocenters. The molecule has 1 amide bonds. The molecule has 4 rings (SSSR count). The van der Waals surface area contributed by atoms with Crippen LogP contribution in [0.2, 0.25) is 0 Å². The maximum Gasteiger partial charge on any atom is 0.225 e. The zero-order valence-electron chi connectivity index (χ0n) is 16.6. The van der Waals surface area contributed by atoms with Crippen molar-refractivity contribution in [1.82, 2.24) is 25.5 Å². The van der Waals surface area contributed by atoms with E-state index in [0.717, 1.165) is 37.8 Å². The molecule has 7 nitrogen and oxygen atoms in total. The molecule has 8 heteroatoms. The number of carbonyl (C=O) groups is 1. The fraction of sp³-hybridized carbons (Fsp3) is 0.476. The van der Waals surface area contributed by atoms with Gasteiger partial charge in [0.05, 0.1) is 11.7 Å². The lowest BCUT2D eigenvalue weighted by atomic mass is 9.91. The largest absolute Gasteiger partial charge is 0.348 e. The van der Waals surface area contributed by atoms with Gasteiger partial charge in [0.1, 0.15) is 5.82 Å². The summed E-state index contributed by atoms with van der Waals surface area (Å²) in [7, 11) is 2.12. The van der Waals surface area contributed by atoms with Gasteiger partial charge in [0.15, 0.2) is 0 Å². The molecule has 2 saturated heterocycles. The van der Waals surface area contributed by atoms with Crippen LogP contribution in [0.4, 0.5) is 10.3 Å². The predicted molar refractivity (Wildman–Crippen MR) is 109 cm³/mol. The molecule has 3 heterocycles. The van der Waals surface area contributed by atoms with E-state index in [2.05, 4.69) is 32.5 Å². The lowest BCUT2D eigenvalue weighted by Gasteiger charge is -2.34. The van der Waals surface area contributed by atoms with E-state index in [1.807, 2.05) is 6.07 Å². The van der Waals surface area contributed by atoms with E-state index < -0.39 is 6.04 Å². The summed E-state index contributed by atoms with van der Waals surface area (Å²) in [5.74, 6) is 0.404. The molecular weight excluding hydrogens is 371 g/mol. The van der Waals surface area contributed by atoms with Gasteiger partial charge in [0.2, 0.25) is 11.9 Å². The minimum absolute atomic E-state index is 0.0457. The molecule has 2 aliphatic rings. The van der Waals surface area contributed by atoms with Gasteiger partial charge >= 0.3 is 0 Å². The molecule has 0 spiro atoms. The Labute approximate surface area is 170 Å². The van der Waals surface area contributed by atoms with Gasteiger partial charge < -0.3 is 20.4 Å². The Morgan fingerprint density at radius 2 is 2.00 bits per heavy atom. The number of nitrogens with zero attached hydrogens (tertiary/aromatic N) is 4. The van der Waals surface area contributed by atoms with Crippen molar-refractivity contribution in [2.24, 2.45) is 0 Å². The molecule has 1 aromatic heterocycles. The number of carbonyl (C=O) groups excluding carboxylic acids is 1. The first-order valence-corrected chi connectivity index (χ1v) is 10.1. The Kier molecular flexibility index (Phi) is 6.01.